The summed E-state index contributed by atoms with van der Waals surface area (Å²) in [6.07, 6.45) is 1.21. The first-order valence-corrected chi connectivity index (χ1v) is 5.28. The molecule has 0 aliphatic carbocycles. The molecule has 0 amide bonds. The first-order chi connectivity index (χ1) is 5.19. The fraction of sp³-hybridized carbons (Fsp3) is 1.00. The van der Waals surface area contributed by atoms with Crippen LogP contribution in [0, 0.1) is 16.7 Å². The van der Waals surface area contributed by atoms with E-state index in [1.54, 1.807) is 0 Å². The van der Waals surface area contributed by atoms with Gasteiger partial charge in [0.25, 0.3) is 0 Å². The van der Waals surface area contributed by atoms with Crippen molar-refractivity contribution in [3.8, 4) is 0 Å². The van der Waals surface area contributed by atoms with E-state index in [4.69, 9.17) is 11.6 Å². The number of hydrogen-bond acceptors (Lipinski definition) is 0. The average Bonchev–Trinajstić information content (AvgIpc) is 1.85. The lowest BCUT2D eigenvalue weighted by atomic mass is 9.73. The van der Waals surface area contributed by atoms with Gasteiger partial charge in [0, 0.05) is 5.88 Å². The van der Waals surface area contributed by atoms with Crippen molar-refractivity contribution in [1.29, 1.82) is 0 Å². The Morgan fingerprint density at radius 1 is 1.08 bits per heavy atom. The molecule has 0 radical (unpaired) electrons. The maximum absolute atomic E-state index is 5.89. The molecule has 0 aromatic carbocycles. The minimum Gasteiger partial charge on any atom is -0.126 e. The molecule has 0 aliphatic rings. The molecule has 0 saturated heterocycles. The van der Waals surface area contributed by atoms with Crippen LogP contribution in [0.4, 0.5) is 0 Å². The van der Waals surface area contributed by atoms with Crippen LogP contribution in [0.25, 0.3) is 0 Å². The molecule has 0 spiro atoms. The highest BCUT2D eigenvalue weighted by molar-refractivity contribution is 6.18. The van der Waals surface area contributed by atoms with E-state index in [1.807, 2.05) is 0 Å². The molecule has 0 heterocycles. The second kappa shape index (κ2) is 4.00. The maximum atomic E-state index is 5.89. The first-order valence-electron chi connectivity index (χ1n) is 4.75. The van der Waals surface area contributed by atoms with Gasteiger partial charge in [0.2, 0.25) is 0 Å². The van der Waals surface area contributed by atoms with Gasteiger partial charge in [0.05, 0.1) is 0 Å². The van der Waals surface area contributed by atoms with E-state index in [2.05, 4.69) is 41.5 Å². The minimum absolute atomic E-state index is 0.286. The molecular formula is C11H23Cl. The topological polar surface area (TPSA) is 0 Å². The molecule has 0 aromatic heterocycles. The Bertz CT molecular complexity index is 130. The van der Waals surface area contributed by atoms with E-state index in [0.717, 1.165) is 11.8 Å². The van der Waals surface area contributed by atoms with Crippen LogP contribution >= 0.6 is 11.6 Å². The van der Waals surface area contributed by atoms with E-state index >= 15 is 0 Å². The fourth-order valence-electron chi connectivity index (χ4n) is 1.19. The van der Waals surface area contributed by atoms with Crippen molar-refractivity contribution < 1.29 is 0 Å². The highest BCUT2D eigenvalue weighted by Crippen LogP contribution is 2.36. The standard InChI is InChI=1S/C11H23Cl/c1-9(10(2,3)4)7-11(5,6)8-12/h9H,7-8H2,1-6H3. The Morgan fingerprint density at radius 2 is 1.50 bits per heavy atom. The quantitative estimate of drug-likeness (QED) is 0.582. The molecule has 0 aliphatic heterocycles. The molecule has 74 valence electrons. The zero-order valence-corrected chi connectivity index (χ0v) is 10.1. The van der Waals surface area contributed by atoms with E-state index in [0.29, 0.717) is 5.41 Å². The van der Waals surface area contributed by atoms with Crippen molar-refractivity contribution in [2.45, 2.75) is 48.0 Å². The summed E-state index contributed by atoms with van der Waals surface area (Å²) in [5, 5.41) is 0. The highest BCUT2D eigenvalue weighted by atomic mass is 35.5. The SMILES string of the molecule is CC(CC(C)(C)CCl)C(C)(C)C. The molecule has 12 heavy (non-hydrogen) atoms. The third kappa shape index (κ3) is 4.35. The number of halogens is 1. The monoisotopic (exact) mass is 190 g/mol. The van der Waals surface area contributed by atoms with Crippen molar-refractivity contribution in [3.63, 3.8) is 0 Å². The van der Waals surface area contributed by atoms with Gasteiger partial charge in [-0.05, 0) is 23.2 Å². The second-order valence-corrected chi connectivity index (χ2v) is 6.04. The van der Waals surface area contributed by atoms with Crippen LogP contribution in [-0.4, -0.2) is 5.88 Å². The summed E-state index contributed by atoms with van der Waals surface area (Å²) in [4.78, 5) is 0. The van der Waals surface area contributed by atoms with E-state index < -0.39 is 0 Å². The van der Waals surface area contributed by atoms with Gasteiger partial charge in [-0.25, -0.2) is 0 Å². The summed E-state index contributed by atoms with van der Waals surface area (Å²) in [5.41, 5.74) is 0.692. The number of rotatable bonds is 3. The lowest BCUT2D eigenvalue weighted by Crippen LogP contribution is -2.25. The molecule has 1 unspecified atom stereocenters. The summed E-state index contributed by atoms with van der Waals surface area (Å²) in [6.45, 7) is 13.7. The molecule has 0 fully saturated rings. The lowest BCUT2D eigenvalue weighted by Gasteiger charge is -2.33. The van der Waals surface area contributed by atoms with Crippen molar-refractivity contribution in [2.75, 3.05) is 5.88 Å². The van der Waals surface area contributed by atoms with Crippen LogP contribution in [0.1, 0.15) is 48.0 Å². The first kappa shape index (κ1) is 12.3. The van der Waals surface area contributed by atoms with Crippen LogP contribution in [0.15, 0.2) is 0 Å². The van der Waals surface area contributed by atoms with Crippen LogP contribution in [-0.2, 0) is 0 Å². The molecule has 0 N–H and O–H groups in total. The van der Waals surface area contributed by atoms with Gasteiger partial charge >= 0.3 is 0 Å². The van der Waals surface area contributed by atoms with Crippen molar-refractivity contribution in [2.24, 2.45) is 16.7 Å². The Kier molecular flexibility index (Phi) is 4.10. The van der Waals surface area contributed by atoms with Crippen LogP contribution in [0.3, 0.4) is 0 Å². The van der Waals surface area contributed by atoms with Crippen molar-refractivity contribution in [3.05, 3.63) is 0 Å². The molecule has 0 rings (SSSR count). The van der Waals surface area contributed by atoms with Gasteiger partial charge in [-0.2, -0.15) is 0 Å². The zero-order chi connectivity index (χ0) is 9.99. The van der Waals surface area contributed by atoms with E-state index in [9.17, 15) is 0 Å². The molecule has 0 aromatic rings. The molecule has 0 saturated carbocycles. The zero-order valence-electron chi connectivity index (χ0n) is 9.37. The summed E-state index contributed by atoms with van der Waals surface area (Å²) in [7, 11) is 0. The molecule has 1 atom stereocenters. The predicted octanol–water partition coefficient (Wildman–Crippen LogP) is 4.32. The number of alkyl halides is 1. The normalized spacial score (nSPS) is 16.2. The van der Waals surface area contributed by atoms with Crippen molar-refractivity contribution >= 4 is 11.6 Å². The second-order valence-electron chi connectivity index (χ2n) is 5.77. The fourth-order valence-corrected chi connectivity index (χ4v) is 1.30. The van der Waals surface area contributed by atoms with Gasteiger partial charge in [0.1, 0.15) is 0 Å². The van der Waals surface area contributed by atoms with E-state index in [-0.39, 0.29) is 5.41 Å². The van der Waals surface area contributed by atoms with Gasteiger partial charge in [-0.15, -0.1) is 11.6 Å². The van der Waals surface area contributed by atoms with Gasteiger partial charge in [-0.1, -0.05) is 41.5 Å². The number of hydrogen-bond donors (Lipinski definition) is 0. The Hall–Kier alpha value is 0.290. The van der Waals surface area contributed by atoms with Gasteiger partial charge in [-0.3, -0.25) is 0 Å². The van der Waals surface area contributed by atoms with Gasteiger partial charge < -0.3 is 0 Å². The Labute approximate surface area is 82.7 Å². The predicted molar refractivity (Wildman–Crippen MR) is 57.7 cm³/mol. The van der Waals surface area contributed by atoms with Gasteiger partial charge in [0.15, 0.2) is 0 Å². The van der Waals surface area contributed by atoms with Crippen LogP contribution in [0.2, 0.25) is 0 Å². The molecule has 1 heteroatoms. The summed E-state index contributed by atoms with van der Waals surface area (Å²) in [6, 6.07) is 0. The molecule has 0 bridgehead atoms. The smallest absolute Gasteiger partial charge is 0.0274 e. The highest BCUT2D eigenvalue weighted by Gasteiger charge is 2.27. The minimum atomic E-state index is 0.286. The lowest BCUT2D eigenvalue weighted by molar-refractivity contribution is 0.184. The Balaban J connectivity index is 4.09. The molecular weight excluding hydrogens is 168 g/mol. The summed E-state index contributed by atoms with van der Waals surface area (Å²) >= 11 is 5.89. The third-order valence-electron chi connectivity index (χ3n) is 2.70. The summed E-state index contributed by atoms with van der Waals surface area (Å²) in [5.74, 6) is 1.49. The third-order valence-corrected chi connectivity index (χ3v) is 3.42. The van der Waals surface area contributed by atoms with Crippen molar-refractivity contribution in [1.82, 2.24) is 0 Å². The Morgan fingerprint density at radius 3 is 1.75 bits per heavy atom. The molecule has 0 nitrogen and oxygen atoms in total. The maximum Gasteiger partial charge on any atom is 0.0274 e. The van der Waals surface area contributed by atoms with Crippen LogP contribution < -0.4 is 0 Å². The average molecular weight is 191 g/mol. The van der Waals surface area contributed by atoms with E-state index in [1.165, 1.54) is 6.42 Å². The van der Waals surface area contributed by atoms with Crippen LogP contribution in [0.5, 0.6) is 0 Å². The summed E-state index contributed by atoms with van der Waals surface area (Å²) < 4.78 is 0. The largest absolute Gasteiger partial charge is 0.126 e.